The average molecular weight is 311 g/mol. The third kappa shape index (κ3) is 3.87. The van der Waals surface area contributed by atoms with E-state index in [2.05, 4.69) is 10.3 Å². The number of thiophene rings is 1. The minimum Gasteiger partial charge on any atom is -0.396 e. The number of amides is 1. The number of fused-ring (bicyclic) bond motifs is 1. The van der Waals surface area contributed by atoms with Crippen LogP contribution < -0.4 is 10.9 Å². The van der Waals surface area contributed by atoms with Crippen molar-refractivity contribution in [2.45, 2.75) is 19.0 Å². The topological polar surface area (TPSA) is 93.4 Å². The molecular formula is C13H17N3O4S. The number of aliphatic hydroxyl groups is 1. The summed E-state index contributed by atoms with van der Waals surface area (Å²) in [7, 11) is 1.52. The summed E-state index contributed by atoms with van der Waals surface area (Å²) >= 11 is 1.38. The Kier molecular flexibility index (Phi) is 5.43. The highest BCUT2D eigenvalue weighted by molar-refractivity contribution is 7.16. The van der Waals surface area contributed by atoms with E-state index in [0.29, 0.717) is 23.2 Å². The molecule has 0 saturated heterocycles. The van der Waals surface area contributed by atoms with Crippen LogP contribution in [0, 0.1) is 0 Å². The van der Waals surface area contributed by atoms with Gasteiger partial charge < -0.3 is 15.2 Å². The van der Waals surface area contributed by atoms with Crippen LogP contribution in [0.25, 0.3) is 10.2 Å². The van der Waals surface area contributed by atoms with Gasteiger partial charge in [0.15, 0.2) is 0 Å². The summed E-state index contributed by atoms with van der Waals surface area (Å²) < 4.78 is 6.24. The van der Waals surface area contributed by atoms with E-state index >= 15 is 0 Å². The number of aliphatic hydroxyl groups excluding tert-OH is 1. The Balaban J connectivity index is 2.06. The molecule has 7 nitrogen and oxygen atoms in total. The molecule has 0 bridgehead atoms. The normalized spacial score (nSPS) is 12.5. The molecule has 0 spiro atoms. The Labute approximate surface area is 125 Å². The zero-order chi connectivity index (χ0) is 15.2. The maximum absolute atomic E-state index is 12.1. The first-order valence-electron chi connectivity index (χ1n) is 6.47. The molecule has 2 heterocycles. The summed E-state index contributed by atoms with van der Waals surface area (Å²) in [4.78, 5) is 28.9. The molecular weight excluding hydrogens is 294 g/mol. The van der Waals surface area contributed by atoms with E-state index in [1.807, 2.05) is 0 Å². The summed E-state index contributed by atoms with van der Waals surface area (Å²) in [6.45, 7) is 0.156. The van der Waals surface area contributed by atoms with Crippen molar-refractivity contribution in [3.8, 4) is 0 Å². The van der Waals surface area contributed by atoms with Gasteiger partial charge in [-0.3, -0.25) is 14.2 Å². The number of nitrogens with zero attached hydrogens (tertiary/aromatic N) is 2. The number of carbonyl (C=O) groups is 1. The minimum atomic E-state index is -0.316. The Hall–Kier alpha value is -1.77. The first-order chi connectivity index (χ1) is 10.2. The Morgan fingerprint density at radius 2 is 2.43 bits per heavy atom. The van der Waals surface area contributed by atoms with E-state index in [4.69, 9.17) is 9.84 Å². The molecule has 0 aromatic carbocycles. The number of ether oxygens (including phenoxy) is 1. The van der Waals surface area contributed by atoms with Crippen molar-refractivity contribution in [3.63, 3.8) is 0 Å². The lowest BCUT2D eigenvalue weighted by Gasteiger charge is -2.17. The highest BCUT2D eigenvalue weighted by Gasteiger charge is 2.13. The van der Waals surface area contributed by atoms with E-state index < -0.39 is 0 Å². The van der Waals surface area contributed by atoms with Gasteiger partial charge in [0, 0.05) is 13.7 Å². The summed E-state index contributed by atoms with van der Waals surface area (Å²) in [5.41, 5.74) is -0.234. The fraction of sp³-hybridized carbons (Fsp3) is 0.462. The molecule has 2 aromatic heterocycles. The van der Waals surface area contributed by atoms with Crippen LogP contribution in [0.3, 0.4) is 0 Å². The largest absolute Gasteiger partial charge is 0.396 e. The van der Waals surface area contributed by atoms with Gasteiger partial charge in [-0.05, 0) is 17.9 Å². The zero-order valence-electron chi connectivity index (χ0n) is 11.6. The Bertz CT molecular complexity index is 661. The number of aromatic nitrogens is 2. The molecule has 1 atom stereocenters. The average Bonchev–Trinajstić information content (AvgIpc) is 2.92. The summed E-state index contributed by atoms with van der Waals surface area (Å²) in [5.74, 6) is -0.316. The van der Waals surface area contributed by atoms with Crippen molar-refractivity contribution in [2.24, 2.45) is 0 Å². The van der Waals surface area contributed by atoms with Gasteiger partial charge in [0.1, 0.15) is 11.4 Å². The van der Waals surface area contributed by atoms with Crippen molar-refractivity contribution in [3.05, 3.63) is 28.1 Å². The summed E-state index contributed by atoms with van der Waals surface area (Å²) in [6, 6.07) is 1.42. The smallest absolute Gasteiger partial charge is 0.262 e. The third-order valence-electron chi connectivity index (χ3n) is 2.97. The standard InChI is InChI=1S/C13H17N3O4S/c1-20-7-9(2-4-17)15-11(18)6-16-8-14-12-10(13(16)19)3-5-21-12/h3,5,8-9,17H,2,4,6-7H2,1H3,(H,15,18). The SMILES string of the molecule is COCC(CCO)NC(=O)Cn1cnc2sccc2c1=O. The molecule has 0 aliphatic carbocycles. The number of hydrogen-bond donors (Lipinski definition) is 2. The molecule has 1 unspecified atom stereocenters. The Morgan fingerprint density at radius 1 is 1.62 bits per heavy atom. The third-order valence-corrected chi connectivity index (χ3v) is 3.80. The minimum absolute atomic E-state index is 0.0450. The molecule has 1 amide bonds. The van der Waals surface area contributed by atoms with Crippen molar-refractivity contribution >= 4 is 27.5 Å². The van der Waals surface area contributed by atoms with Crippen molar-refractivity contribution in [1.29, 1.82) is 0 Å². The van der Waals surface area contributed by atoms with Crippen LogP contribution >= 0.6 is 11.3 Å². The van der Waals surface area contributed by atoms with Gasteiger partial charge in [-0.25, -0.2) is 4.98 Å². The first kappa shape index (κ1) is 15.6. The summed E-state index contributed by atoms with van der Waals surface area (Å²) in [6.07, 6.45) is 1.77. The number of nitrogens with one attached hydrogen (secondary N) is 1. The van der Waals surface area contributed by atoms with Gasteiger partial charge in [0.05, 0.1) is 24.4 Å². The lowest BCUT2D eigenvalue weighted by molar-refractivity contribution is -0.122. The van der Waals surface area contributed by atoms with E-state index in [1.165, 1.54) is 29.3 Å². The van der Waals surface area contributed by atoms with E-state index in [-0.39, 0.29) is 30.7 Å². The number of carbonyl (C=O) groups excluding carboxylic acids is 1. The van der Waals surface area contributed by atoms with Crippen molar-refractivity contribution < 1.29 is 14.6 Å². The molecule has 2 aromatic rings. The van der Waals surface area contributed by atoms with Gasteiger partial charge in [-0.2, -0.15) is 0 Å². The predicted octanol–water partition coefficient (Wildman–Crippen LogP) is -0.0284. The second-order valence-electron chi connectivity index (χ2n) is 4.55. The highest BCUT2D eigenvalue weighted by Crippen LogP contribution is 2.13. The molecule has 0 aliphatic rings. The molecule has 114 valence electrons. The molecule has 0 aliphatic heterocycles. The van der Waals surface area contributed by atoms with E-state index in [1.54, 1.807) is 11.4 Å². The Morgan fingerprint density at radius 3 is 3.14 bits per heavy atom. The molecule has 2 N–H and O–H groups in total. The number of rotatable bonds is 7. The fourth-order valence-corrected chi connectivity index (χ4v) is 2.71. The van der Waals surface area contributed by atoms with Crippen LogP contribution in [-0.2, 0) is 16.1 Å². The van der Waals surface area contributed by atoms with Gasteiger partial charge in [0.2, 0.25) is 5.91 Å². The van der Waals surface area contributed by atoms with Crippen LogP contribution in [0.15, 0.2) is 22.6 Å². The number of hydrogen-bond acceptors (Lipinski definition) is 6. The van der Waals surface area contributed by atoms with Gasteiger partial charge in [0.25, 0.3) is 5.56 Å². The number of methoxy groups -OCH3 is 1. The quantitative estimate of drug-likeness (QED) is 0.749. The zero-order valence-corrected chi connectivity index (χ0v) is 12.4. The molecule has 8 heteroatoms. The molecule has 21 heavy (non-hydrogen) atoms. The first-order valence-corrected chi connectivity index (χ1v) is 7.35. The van der Waals surface area contributed by atoms with Crippen LogP contribution in [0.4, 0.5) is 0 Å². The molecule has 0 radical (unpaired) electrons. The fourth-order valence-electron chi connectivity index (χ4n) is 1.99. The monoisotopic (exact) mass is 311 g/mol. The van der Waals surface area contributed by atoms with Crippen LogP contribution in [0.2, 0.25) is 0 Å². The maximum Gasteiger partial charge on any atom is 0.262 e. The molecule has 0 saturated carbocycles. The van der Waals surface area contributed by atoms with Gasteiger partial charge >= 0.3 is 0 Å². The van der Waals surface area contributed by atoms with E-state index in [0.717, 1.165) is 0 Å². The highest BCUT2D eigenvalue weighted by atomic mass is 32.1. The van der Waals surface area contributed by atoms with Crippen LogP contribution in [0.1, 0.15) is 6.42 Å². The second kappa shape index (κ2) is 7.30. The predicted molar refractivity (Wildman–Crippen MR) is 79.4 cm³/mol. The van der Waals surface area contributed by atoms with Crippen LogP contribution in [0.5, 0.6) is 0 Å². The molecule has 0 fully saturated rings. The lowest BCUT2D eigenvalue weighted by Crippen LogP contribution is -2.41. The van der Waals surface area contributed by atoms with Gasteiger partial charge in [-0.15, -0.1) is 11.3 Å². The second-order valence-corrected chi connectivity index (χ2v) is 5.44. The molecule has 2 rings (SSSR count). The van der Waals surface area contributed by atoms with Gasteiger partial charge in [-0.1, -0.05) is 0 Å². The summed E-state index contributed by atoms with van der Waals surface area (Å²) in [5, 5.41) is 14.0. The van der Waals surface area contributed by atoms with Crippen molar-refractivity contribution in [2.75, 3.05) is 20.3 Å². The van der Waals surface area contributed by atoms with Crippen LogP contribution in [-0.4, -0.2) is 46.9 Å². The van der Waals surface area contributed by atoms with E-state index in [9.17, 15) is 9.59 Å². The van der Waals surface area contributed by atoms with Crippen molar-refractivity contribution in [1.82, 2.24) is 14.9 Å². The lowest BCUT2D eigenvalue weighted by atomic mass is 10.2. The maximum atomic E-state index is 12.1.